The quantitative estimate of drug-likeness (QED) is 0.722. The summed E-state index contributed by atoms with van der Waals surface area (Å²) >= 11 is 3.39. The van der Waals surface area contributed by atoms with Crippen LogP contribution in [-0.4, -0.2) is 32.9 Å². The highest BCUT2D eigenvalue weighted by Crippen LogP contribution is 2.31. The van der Waals surface area contributed by atoms with Crippen LogP contribution < -0.4 is 9.46 Å². The highest BCUT2D eigenvalue weighted by molar-refractivity contribution is 9.10. The third-order valence-electron chi connectivity index (χ3n) is 4.06. The van der Waals surface area contributed by atoms with Gasteiger partial charge in [0, 0.05) is 17.6 Å². The van der Waals surface area contributed by atoms with Crippen molar-refractivity contribution in [2.75, 3.05) is 18.9 Å². The van der Waals surface area contributed by atoms with Gasteiger partial charge >= 0.3 is 16.2 Å². The van der Waals surface area contributed by atoms with Gasteiger partial charge in [0.1, 0.15) is 5.75 Å². The normalized spacial score (nSPS) is 14.0. The molecule has 0 aromatic heterocycles. The molecular weight excluding hydrogens is 424 g/mol. The fourth-order valence-electron chi connectivity index (χ4n) is 2.73. The van der Waals surface area contributed by atoms with E-state index in [-0.39, 0.29) is 23.5 Å². The predicted octanol–water partition coefficient (Wildman–Crippen LogP) is 2.92. The summed E-state index contributed by atoms with van der Waals surface area (Å²) in [6, 6.07) is 10.1. The summed E-state index contributed by atoms with van der Waals surface area (Å²) in [5.74, 6) is -0.297. The number of benzene rings is 2. The van der Waals surface area contributed by atoms with Crippen molar-refractivity contribution < 1.29 is 22.7 Å². The summed E-state index contributed by atoms with van der Waals surface area (Å²) in [7, 11) is -1.12. The molecule has 138 valence electrons. The number of fused-ring (bicyclic) bond motifs is 1. The number of halogens is 1. The van der Waals surface area contributed by atoms with Crippen LogP contribution in [0.1, 0.15) is 21.5 Å². The second kappa shape index (κ2) is 7.26. The smallest absolute Gasteiger partial charge is 0.337 e. The van der Waals surface area contributed by atoms with Crippen LogP contribution in [0.4, 0.5) is 5.69 Å². The summed E-state index contributed by atoms with van der Waals surface area (Å²) in [6.45, 7) is 0.577. The fourth-order valence-corrected chi connectivity index (χ4v) is 4.33. The summed E-state index contributed by atoms with van der Waals surface area (Å²) in [6.07, 6.45) is 0. The van der Waals surface area contributed by atoms with Gasteiger partial charge in [-0.2, -0.15) is 12.7 Å². The molecule has 0 radical (unpaired) electrons. The van der Waals surface area contributed by atoms with E-state index in [9.17, 15) is 13.2 Å². The lowest BCUT2D eigenvalue weighted by Crippen LogP contribution is -2.31. The Hall–Kier alpha value is -2.10. The number of carbonyl (C=O) groups is 1. The summed E-state index contributed by atoms with van der Waals surface area (Å²) in [4.78, 5) is 11.6. The van der Waals surface area contributed by atoms with Crippen molar-refractivity contribution in [2.24, 2.45) is 0 Å². The zero-order chi connectivity index (χ0) is 18.9. The van der Waals surface area contributed by atoms with Crippen LogP contribution >= 0.6 is 15.9 Å². The molecule has 0 aliphatic carbocycles. The van der Waals surface area contributed by atoms with Gasteiger partial charge in [0.15, 0.2) is 0 Å². The molecule has 0 amide bonds. The minimum absolute atomic E-state index is 0.232. The van der Waals surface area contributed by atoms with Gasteiger partial charge in [0.25, 0.3) is 0 Å². The van der Waals surface area contributed by atoms with Gasteiger partial charge in [-0.1, -0.05) is 22.0 Å². The Kier molecular flexibility index (Phi) is 5.22. The first kappa shape index (κ1) is 18.7. The summed E-state index contributed by atoms with van der Waals surface area (Å²) < 4.78 is 40.1. The standard InChI is InChI=1S/C17H17BrN2O5S/c1-24-16-8-11(17(21)25-2)4-6-15(16)19-26(22,23)20-9-12-3-5-14(18)7-13(12)10-20/h3-8,19H,9-10H2,1-2H3. The van der Waals surface area contributed by atoms with E-state index in [1.807, 2.05) is 18.2 Å². The molecule has 0 atom stereocenters. The maximum absolute atomic E-state index is 12.8. The van der Waals surface area contributed by atoms with Gasteiger partial charge in [-0.3, -0.25) is 4.72 Å². The Morgan fingerprint density at radius 2 is 1.85 bits per heavy atom. The number of hydrogen-bond acceptors (Lipinski definition) is 5. The van der Waals surface area contributed by atoms with E-state index in [4.69, 9.17) is 4.74 Å². The maximum atomic E-state index is 12.8. The molecule has 1 aliphatic rings. The molecule has 2 aromatic carbocycles. The number of nitrogens with one attached hydrogen (secondary N) is 1. The Balaban J connectivity index is 1.83. The molecule has 1 aliphatic heterocycles. The molecule has 0 fully saturated rings. The second-order valence-corrected chi connectivity index (χ2v) is 8.28. The van der Waals surface area contributed by atoms with Crippen molar-refractivity contribution in [2.45, 2.75) is 13.1 Å². The number of nitrogens with zero attached hydrogens (tertiary/aromatic N) is 1. The number of carbonyl (C=O) groups excluding carboxylic acids is 1. The Bertz CT molecular complexity index is 962. The van der Waals surface area contributed by atoms with E-state index in [2.05, 4.69) is 25.4 Å². The van der Waals surface area contributed by atoms with Crippen molar-refractivity contribution in [3.05, 3.63) is 57.6 Å². The van der Waals surface area contributed by atoms with E-state index in [0.717, 1.165) is 15.6 Å². The number of esters is 1. The van der Waals surface area contributed by atoms with Crippen molar-refractivity contribution in [3.63, 3.8) is 0 Å². The van der Waals surface area contributed by atoms with Crippen LogP contribution in [0.15, 0.2) is 40.9 Å². The molecule has 0 saturated carbocycles. The van der Waals surface area contributed by atoms with Gasteiger partial charge in [-0.15, -0.1) is 0 Å². The molecule has 2 aromatic rings. The van der Waals surface area contributed by atoms with Crippen molar-refractivity contribution in [1.29, 1.82) is 0 Å². The number of rotatable bonds is 5. The lowest BCUT2D eigenvalue weighted by Gasteiger charge is -2.18. The van der Waals surface area contributed by atoms with Crippen LogP contribution in [0.2, 0.25) is 0 Å². The first-order valence-corrected chi connectivity index (χ1v) is 9.89. The highest BCUT2D eigenvalue weighted by atomic mass is 79.9. The van der Waals surface area contributed by atoms with Crippen LogP contribution in [0, 0.1) is 0 Å². The maximum Gasteiger partial charge on any atom is 0.337 e. The molecule has 0 unspecified atom stereocenters. The number of anilines is 1. The number of hydrogen-bond donors (Lipinski definition) is 1. The largest absolute Gasteiger partial charge is 0.495 e. The molecule has 0 saturated heterocycles. The highest BCUT2D eigenvalue weighted by Gasteiger charge is 2.30. The van der Waals surface area contributed by atoms with Crippen LogP contribution in [0.5, 0.6) is 5.75 Å². The molecule has 0 bridgehead atoms. The fraction of sp³-hybridized carbons (Fsp3) is 0.235. The molecular formula is C17H17BrN2O5S. The van der Waals surface area contributed by atoms with Gasteiger partial charge in [0.2, 0.25) is 0 Å². The van der Waals surface area contributed by atoms with Crippen LogP contribution in [-0.2, 0) is 28.0 Å². The minimum Gasteiger partial charge on any atom is -0.495 e. The van der Waals surface area contributed by atoms with Crippen molar-refractivity contribution in [3.8, 4) is 5.75 Å². The molecule has 26 heavy (non-hydrogen) atoms. The molecule has 3 rings (SSSR count). The Morgan fingerprint density at radius 1 is 1.12 bits per heavy atom. The van der Waals surface area contributed by atoms with Gasteiger partial charge < -0.3 is 9.47 Å². The first-order valence-electron chi connectivity index (χ1n) is 7.65. The van der Waals surface area contributed by atoms with Crippen molar-refractivity contribution in [1.82, 2.24) is 4.31 Å². The number of ether oxygens (including phenoxy) is 2. The lowest BCUT2D eigenvalue weighted by atomic mass is 10.1. The Morgan fingerprint density at radius 3 is 2.54 bits per heavy atom. The van der Waals surface area contributed by atoms with E-state index in [1.165, 1.54) is 36.7 Å². The lowest BCUT2D eigenvalue weighted by molar-refractivity contribution is 0.0600. The van der Waals surface area contributed by atoms with E-state index in [0.29, 0.717) is 6.54 Å². The first-order chi connectivity index (χ1) is 12.3. The zero-order valence-electron chi connectivity index (χ0n) is 14.2. The SMILES string of the molecule is COC(=O)c1ccc(NS(=O)(=O)N2Cc3ccc(Br)cc3C2)c(OC)c1. The molecule has 9 heteroatoms. The third kappa shape index (κ3) is 3.69. The van der Waals surface area contributed by atoms with Crippen molar-refractivity contribution >= 4 is 37.8 Å². The average Bonchev–Trinajstić information content (AvgIpc) is 3.05. The zero-order valence-corrected chi connectivity index (χ0v) is 16.6. The minimum atomic E-state index is -3.79. The second-order valence-electron chi connectivity index (χ2n) is 5.69. The van der Waals surface area contributed by atoms with Gasteiger partial charge in [-0.25, -0.2) is 4.79 Å². The van der Waals surface area contributed by atoms with Gasteiger partial charge in [0.05, 0.1) is 25.5 Å². The van der Waals surface area contributed by atoms with Crippen LogP contribution in [0.3, 0.4) is 0 Å². The summed E-state index contributed by atoms with van der Waals surface area (Å²) in [5.41, 5.74) is 2.44. The summed E-state index contributed by atoms with van der Waals surface area (Å²) in [5, 5.41) is 0. The number of methoxy groups -OCH3 is 2. The van der Waals surface area contributed by atoms with E-state index in [1.54, 1.807) is 0 Å². The molecule has 7 nitrogen and oxygen atoms in total. The molecule has 0 spiro atoms. The third-order valence-corrected chi connectivity index (χ3v) is 5.97. The topological polar surface area (TPSA) is 84.9 Å². The molecule has 1 N–H and O–H groups in total. The Labute approximate surface area is 160 Å². The predicted molar refractivity (Wildman–Crippen MR) is 100 cm³/mol. The average molecular weight is 441 g/mol. The van der Waals surface area contributed by atoms with Gasteiger partial charge in [-0.05, 0) is 41.5 Å². The monoisotopic (exact) mass is 440 g/mol. The molecule has 1 heterocycles. The van der Waals surface area contributed by atoms with E-state index >= 15 is 0 Å². The van der Waals surface area contributed by atoms with Crippen LogP contribution in [0.25, 0.3) is 0 Å². The van der Waals surface area contributed by atoms with E-state index < -0.39 is 16.2 Å².